The zero-order valence-corrected chi connectivity index (χ0v) is 16.3. The van der Waals surface area contributed by atoms with Crippen LogP contribution in [0.4, 0.5) is 0 Å². The van der Waals surface area contributed by atoms with Crippen LogP contribution in [0.1, 0.15) is 39.4 Å². The molecule has 7 nitrogen and oxygen atoms in total. The molecule has 0 radical (unpaired) electrons. The predicted octanol–water partition coefficient (Wildman–Crippen LogP) is 3.02. The second-order valence-corrected chi connectivity index (χ2v) is 7.52. The van der Waals surface area contributed by atoms with Crippen LogP contribution in [0.15, 0.2) is 41.2 Å². The second kappa shape index (κ2) is 7.24. The molecule has 0 spiro atoms. The Bertz CT molecular complexity index is 1170. The Labute approximate surface area is 167 Å². The maximum Gasteiger partial charge on any atom is 0.356 e. The van der Waals surface area contributed by atoms with E-state index in [0.29, 0.717) is 29.3 Å². The normalized spacial score (nSPS) is 13.6. The monoisotopic (exact) mass is 394 g/mol. The number of carboxylic acids is 1. The van der Waals surface area contributed by atoms with Crippen molar-refractivity contribution in [2.24, 2.45) is 13.0 Å². The highest BCUT2D eigenvalue weighted by Crippen LogP contribution is 2.34. The van der Waals surface area contributed by atoms with Gasteiger partial charge in [-0.15, -0.1) is 0 Å². The fourth-order valence-corrected chi connectivity index (χ4v) is 3.54. The maximum absolute atomic E-state index is 13.3. The van der Waals surface area contributed by atoms with Gasteiger partial charge in [0.25, 0.3) is 5.56 Å². The van der Waals surface area contributed by atoms with Crippen molar-refractivity contribution < 1.29 is 19.4 Å². The number of carboxylic acid groups (broad SMARTS) is 1. The highest BCUT2D eigenvalue weighted by Gasteiger charge is 2.29. The van der Waals surface area contributed by atoms with Gasteiger partial charge in [-0.1, -0.05) is 30.3 Å². The molecule has 3 aromatic rings. The largest absolute Gasteiger partial charge is 0.490 e. The molecular formula is C22H22N2O5. The summed E-state index contributed by atoms with van der Waals surface area (Å²) in [6.07, 6.45) is 2.09. The van der Waals surface area contributed by atoms with Crippen LogP contribution >= 0.6 is 0 Å². The van der Waals surface area contributed by atoms with E-state index < -0.39 is 11.5 Å². The van der Waals surface area contributed by atoms with Crippen LogP contribution < -0.4 is 10.3 Å². The lowest BCUT2D eigenvalue weighted by Gasteiger charge is -2.11. The lowest BCUT2D eigenvalue weighted by molar-refractivity contribution is 0.0681. The van der Waals surface area contributed by atoms with Gasteiger partial charge in [0.1, 0.15) is 5.39 Å². The molecule has 1 aliphatic rings. The number of carbonyl (C=O) groups excluding carboxylic acids is 1. The van der Waals surface area contributed by atoms with Gasteiger partial charge in [0, 0.05) is 18.3 Å². The average molecular weight is 394 g/mol. The predicted molar refractivity (Wildman–Crippen MR) is 108 cm³/mol. The van der Waals surface area contributed by atoms with Crippen LogP contribution in [0.3, 0.4) is 0 Å². The molecule has 1 fully saturated rings. The van der Waals surface area contributed by atoms with Crippen LogP contribution in [0.25, 0.3) is 10.9 Å². The topological polar surface area (TPSA) is 90.5 Å². The first-order chi connectivity index (χ1) is 13.9. The molecule has 7 heteroatoms. The third kappa shape index (κ3) is 3.44. The summed E-state index contributed by atoms with van der Waals surface area (Å²) in [4.78, 5) is 37.8. The third-order valence-electron chi connectivity index (χ3n) is 5.39. The molecule has 0 atom stereocenters. The van der Waals surface area contributed by atoms with Gasteiger partial charge in [0.15, 0.2) is 17.2 Å². The number of hydrogen-bond acceptors (Lipinski definition) is 4. The smallest absolute Gasteiger partial charge is 0.356 e. The summed E-state index contributed by atoms with van der Waals surface area (Å²) in [5.41, 5.74) is 1.11. The van der Waals surface area contributed by atoms with Crippen molar-refractivity contribution in [3.8, 4) is 5.75 Å². The number of aromatic carboxylic acids is 1. The lowest BCUT2D eigenvalue weighted by Crippen LogP contribution is -2.26. The Morgan fingerprint density at radius 2 is 1.90 bits per heavy atom. The van der Waals surface area contributed by atoms with E-state index in [9.17, 15) is 19.5 Å². The van der Waals surface area contributed by atoms with Crippen molar-refractivity contribution in [3.05, 3.63) is 63.7 Å². The van der Waals surface area contributed by atoms with E-state index in [4.69, 9.17) is 4.74 Å². The Hall–Kier alpha value is -3.35. The van der Waals surface area contributed by atoms with Gasteiger partial charge in [-0.05, 0) is 31.7 Å². The highest BCUT2D eigenvalue weighted by atomic mass is 16.5. The van der Waals surface area contributed by atoms with Crippen LogP contribution in [0.2, 0.25) is 0 Å². The van der Waals surface area contributed by atoms with E-state index in [1.54, 1.807) is 44.3 Å². The molecule has 0 unspecified atom stereocenters. The number of ether oxygens (including phenoxy) is 1. The molecule has 0 bridgehead atoms. The number of aromatic nitrogens is 2. The molecule has 0 saturated heterocycles. The Morgan fingerprint density at radius 3 is 2.52 bits per heavy atom. The number of hydrogen-bond donors (Lipinski definition) is 1. The molecule has 0 amide bonds. The number of benzene rings is 1. The maximum atomic E-state index is 13.3. The summed E-state index contributed by atoms with van der Waals surface area (Å²) in [7, 11) is 1.61. The number of aryl methyl sites for hydroxylation is 2. The first-order valence-corrected chi connectivity index (χ1v) is 9.55. The Balaban J connectivity index is 1.84. The van der Waals surface area contributed by atoms with Crippen LogP contribution in [0.5, 0.6) is 5.75 Å². The number of pyridine rings is 1. The second-order valence-electron chi connectivity index (χ2n) is 7.52. The number of ketones is 1. The zero-order valence-electron chi connectivity index (χ0n) is 16.3. The molecule has 29 heavy (non-hydrogen) atoms. The fraction of sp³-hybridized carbons (Fsp3) is 0.318. The highest BCUT2D eigenvalue weighted by molar-refractivity contribution is 6.01. The fourth-order valence-electron chi connectivity index (χ4n) is 3.54. The SMILES string of the molecule is Cc1cc2c(c(OCC3CC3)c(C(=O)O)n2C)c(=O)n1CC(=O)c1ccccc1. The summed E-state index contributed by atoms with van der Waals surface area (Å²) in [5.74, 6) is -0.851. The van der Waals surface area contributed by atoms with Crippen LogP contribution in [-0.4, -0.2) is 32.6 Å². The first-order valence-electron chi connectivity index (χ1n) is 9.55. The van der Waals surface area contributed by atoms with Gasteiger partial charge in [-0.25, -0.2) is 4.79 Å². The summed E-state index contributed by atoms with van der Waals surface area (Å²) >= 11 is 0. The zero-order chi connectivity index (χ0) is 20.7. The minimum absolute atomic E-state index is 0.0516. The van der Waals surface area contributed by atoms with E-state index in [0.717, 1.165) is 12.8 Å². The molecule has 1 N–H and O–H groups in total. The van der Waals surface area contributed by atoms with Gasteiger partial charge in [-0.2, -0.15) is 0 Å². The molecule has 4 rings (SSSR count). The average Bonchev–Trinajstić information content (AvgIpc) is 3.48. The van der Waals surface area contributed by atoms with Gasteiger partial charge >= 0.3 is 5.97 Å². The number of carbonyl (C=O) groups is 2. The van der Waals surface area contributed by atoms with Crippen molar-refractivity contribution in [1.82, 2.24) is 9.13 Å². The number of Topliss-reactive ketones (excluding diaryl/α,β-unsaturated/α-hetero) is 1. The Kier molecular flexibility index (Phi) is 4.74. The van der Waals surface area contributed by atoms with Crippen molar-refractivity contribution >= 4 is 22.7 Å². The molecule has 150 valence electrons. The van der Waals surface area contributed by atoms with E-state index in [-0.39, 0.29) is 29.2 Å². The van der Waals surface area contributed by atoms with E-state index in [1.807, 2.05) is 6.07 Å². The molecule has 0 aliphatic heterocycles. The van der Waals surface area contributed by atoms with E-state index in [2.05, 4.69) is 0 Å². The minimum atomic E-state index is -1.15. The molecule has 2 heterocycles. The summed E-state index contributed by atoms with van der Waals surface area (Å²) in [6, 6.07) is 10.5. The van der Waals surface area contributed by atoms with E-state index >= 15 is 0 Å². The quantitative estimate of drug-likeness (QED) is 0.622. The van der Waals surface area contributed by atoms with Gasteiger partial charge in [-0.3, -0.25) is 9.59 Å². The number of fused-ring (bicyclic) bond motifs is 1. The lowest BCUT2D eigenvalue weighted by atomic mass is 10.1. The van der Waals surface area contributed by atoms with Crippen molar-refractivity contribution in [3.63, 3.8) is 0 Å². The molecule has 2 aromatic heterocycles. The first kappa shape index (κ1) is 19.0. The molecule has 1 saturated carbocycles. The van der Waals surface area contributed by atoms with Crippen LogP contribution in [0, 0.1) is 12.8 Å². The Morgan fingerprint density at radius 1 is 1.21 bits per heavy atom. The van der Waals surface area contributed by atoms with Crippen molar-refractivity contribution in [1.29, 1.82) is 0 Å². The van der Waals surface area contributed by atoms with E-state index in [1.165, 1.54) is 9.13 Å². The minimum Gasteiger partial charge on any atom is -0.490 e. The molecular weight excluding hydrogens is 372 g/mol. The summed E-state index contributed by atoms with van der Waals surface area (Å²) in [5, 5.41) is 9.89. The van der Waals surface area contributed by atoms with Crippen molar-refractivity contribution in [2.45, 2.75) is 26.3 Å². The van der Waals surface area contributed by atoms with Crippen molar-refractivity contribution in [2.75, 3.05) is 6.61 Å². The van der Waals surface area contributed by atoms with Gasteiger partial charge < -0.3 is 19.0 Å². The van der Waals surface area contributed by atoms with Gasteiger partial charge in [0.2, 0.25) is 0 Å². The molecule has 1 aliphatic carbocycles. The number of nitrogens with zero attached hydrogens (tertiary/aromatic N) is 2. The summed E-state index contributed by atoms with van der Waals surface area (Å²) < 4.78 is 8.67. The third-order valence-corrected chi connectivity index (χ3v) is 5.39. The summed E-state index contributed by atoms with van der Waals surface area (Å²) in [6.45, 7) is 2.00. The van der Waals surface area contributed by atoms with Crippen LogP contribution in [-0.2, 0) is 13.6 Å². The molecule has 1 aromatic carbocycles. The van der Waals surface area contributed by atoms with Gasteiger partial charge in [0.05, 0.1) is 18.7 Å². The standard InChI is InChI=1S/C22H22N2O5/c1-13-10-16-18(20(29-12-14-8-9-14)19(22(27)28)23(16)2)21(26)24(13)11-17(25)15-6-4-3-5-7-15/h3-7,10,14H,8-9,11-12H2,1-2H3,(H,27,28). The number of rotatable bonds is 7.